The highest BCUT2D eigenvalue weighted by atomic mass is 32.2. The molecule has 6 heteroatoms. The Bertz CT molecular complexity index is 439. The van der Waals surface area contributed by atoms with Gasteiger partial charge in [-0.25, -0.2) is 9.97 Å². The topological polar surface area (TPSA) is 69.5 Å². The molecule has 0 bridgehead atoms. The fourth-order valence-electron chi connectivity index (χ4n) is 2.29. The first-order chi connectivity index (χ1) is 10.0. The number of β-amino-alcohol motifs (C(OH)–C–C–N with tert-alkyl or cyclic N) is 1. The van der Waals surface area contributed by atoms with Crippen molar-refractivity contribution in [3.63, 3.8) is 0 Å². The van der Waals surface area contributed by atoms with Gasteiger partial charge in [-0.2, -0.15) is 0 Å². The van der Waals surface area contributed by atoms with Gasteiger partial charge in [0.05, 0.1) is 11.7 Å². The molecule has 2 N–H and O–H groups in total. The second kappa shape index (κ2) is 7.54. The quantitative estimate of drug-likeness (QED) is 0.473. The van der Waals surface area contributed by atoms with Crippen LogP contribution in [0.1, 0.15) is 38.7 Å². The minimum Gasteiger partial charge on any atom is -0.389 e. The summed E-state index contributed by atoms with van der Waals surface area (Å²) in [5.74, 6) is 1.06. The lowest BCUT2D eigenvalue weighted by Gasteiger charge is -2.39. The number of rotatable bonds is 6. The van der Waals surface area contributed by atoms with E-state index in [0.717, 1.165) is 23.0 Å². The number of nitrogens with zero attached hydrogens (tertiary/aromatic N) is 3. The molecular weight excluding hydrogens is 286 g/mol. The molecule has 1 fully saturated rings. The van der Waals surface area contributed by atoms with Gasteiger partial charge in [-0.05, 0) is 19.8 Å². The fourth-order valence-corrected chi connectivity index (χ4v) is 3.16. The molecule has 1 aromatic heterocycles. The lowest BCUT2D eigenvalue weighted by Crippen LogP contribution is -2.53. The van der Waals surface area contributed by atoms with Gasteiger partial charge in [0.1, 0.15) is 0 Å². The lowest BCUT2D eigenvalue weighted by molar-refractivity contribution is -0.108. The summed E-state index contributed by atoms with van der Waals surface area (Å²) in [4.78, 5) is 10.9. The number of hydrogen-bond acceptors (Lipinski definition) is 6. The van der Waals surface area contributed by atoms with E-state index in [2.05, 4.69) is 21.8 Å². The van der Waals surface area contributed by atoms with Crippen LogP contribution in [0.2, 0.25) is 0 Å². The maximum Gasteiger partial charge on any atom is 0.187 e. The van der Waals surface area contributed by atoms with E-state index < -0.39 is 11.7 Å². The van der Waals surface area contributed by atoms with Crippen LogP contribution in [0.15, 0.2) is 17.6 Å². The van der Waals surface area contributed by atoms with Gasteiger partial charge in [-0.15, -0.1) is 0 Å². The van der Waals surface area contributed by atoms with Gasteiger partial charge in [0.15, 0.2) is 5.16 Å². The van der Waals surface area contributed by atoms with Gasteiger partial charge in [0, 0.05) is 43.3 Å². The zero-order chi connectivity index (χ0) is 15.3. The van der Waals surface area contributed by atoms with Crippen molar-refractivity contribution in [3.05, 3.63) is 18.0 Å². The smallest absolute Gasteiger partial charge is 0.187 e. The Kier molecular flexibility index (Phi) is 5.98. The van der Waals surface area contributed by atoms with Gasteiger partial charge in [0.2, 0.25) is 0 Å². The standard InChI is InChI=1S/C15H25N3O2S/c1-3-4-7-21-14-16-8-12(9-17-14)10-18-6-5-15(2,20)13(19)11-18/h8-9,13,19-20H,3-7,10-11H2,1-2H3/t13-,15-/m1/s1. The maximum absolute atomic E-state index is 9.96. The Morgan fingerprint density at radius 2 is 2.14 bits per heavy atom. The SMILES string of the molecule is CCCCSc1ncc(CN2CC[C@@](C)(O)[C@H](O)C2)cn1. The lowest BCUT2D eigenvalue weighted by atomic mass is 9.90. The Balaban J connectivity index is 1.83. The molecule has 1 saturated heterocycles. The number of aliphatic hydroxyl groups excluding tert-OH is 1. The number of thioether (sulfide) groups is 1. The second-order valence-corrected chi connectivity index (χ2v) is 7.00. The number of hydrogen-bond donors (Lipinski definition) is 2. The van der Waals surface area contributed by atoms with Crippen molar-refractivity contribution in [1.82, 2.24) is 14.9 Å². The molecule has 1 aliphatic rings. The molecule has 1 aromatic rings. The van der Waals surface area contributed by atoms with Crippen LogP contribution in [0, 0.1) is 0 Å². The first kappa shape index (κ1) is 16.7. The Labute approximate surface area is 130 Å². The van der Waals surface area contributed by atoms with Gasteiger partial charge in [0.25, 0.3) is 0 Å². The fraction of sp³-hybridized carbons (Fsp3) is 0.733. The van der Waals surface area contributed by atoms with Crippen LogP contribution < -0.4 is 0 Å². The van der Waals surface area contributed by atoms with Crippen molar-refractivity contribution in [2.45, 2.75) is 56.5 Å². The largest absolute Gasteiger partial charge is 0.389 e. The summed E-state index contributed by atoms with van der Waals surface area (Å²) in [6.07, 6.45) is 5.98. The molecular formula is C15H25N3O2S. The molecule has 0 radical (unpaired) electrons. The number of likely N-dealkylation sites (tertiary alicyclic amines) is 1. The van der Waals surface area contributed by atoms with E-state index in [9.17, 15) is 10.2 Å². The monoisotopic (exact) mass is 311 g/mol. The summed E-state index contributed by atoms with van der Waals surface area (Å²) in [6, 6.07) is 0. The van der Waals surface area contributed by atoms with Crippen molar-refractivity contribution in [2.24, 2.45) is 0 Å². The van der Waals surface area contributed by atoms with Crippen LogP contribution in [0.4, 0.5) is 0 Å². The molecule has 5 nitrogen and oxygen atoms in total. The third kappa shape index (κ3) is 4.92. The summed E-state index contributed by atoms with van der Waals surface area (Å²) in [7, 11) is 0. The maximum atomic E-state index is 9.96. The highest BCUT2D eigenvalue weighted by molar-refractivity contribution is 7.99. The van der Waals surface area contributed by atoms with Gasteiger partial charge >= 0.3 is 0 Å². The molecule has 21 heavy (non-hydrogen) atoms. The van der Waals surface area contributed by atoms with Gasteiger partial charge in [-0.3, -0.25) is 4.90 Å². The third-order valence-electron chi connectivity index (χ3n) is 3.90. The minimum absolute atomic E-state index is 0.486. The summed E-state index contributed by atoms with van der Waals surface area (Å²) in [6.45, 7) is 5.85. The van der Waals surface area contributed by atoms with Crippen LogP contribution in [0.5, 0.6) is 0 Å². The summed E-state index contributed by atoms with van der Waals surface area (Å²) in [5.41, 5.74) is 0.0795. The first-order valence-electron chi connectivity index (χ1n) is 7.58. The van der Waals surface area contributed by atoms with E-state index in [4.69, 9.17) is 0 Å². The van der Waals surface area contributed by atoms with Gasteiger partial charge in [-0.1, -0.05) is 25.1 Å². The van der Waals surface area contributed by atoms with Gasteiger partial charge < -0.3 is 10.2 Å². The molecule has 2 rings (SSSR count). The predicted octanol–water partition coefficient (Wildman–Crippen LogP) is 1.69. The van der Waals surface area contributed by atoms with Crippen molar-refractivity contribution in [3.8, 4) is 0 Å². The summed E-state index contributed by atoms with van der Waals surface area (Å²) >= 11 is 1.69. The van der Waals surface area contributed by atoms with Crippen molar-refractivity contribution < 1.29 is 10.2 Å². The zero-order valence-electron chi connectivity index (χ0n) is 12.8. The van der Waals surface area contributed by atoms with E-state index in [-0.39, 0.29) is 0 Å². The average Bonchev–Trinajstić information content (AvgIpc) is 2.45. The first-order valence-corrected chi connectivity index (χ1v) is 8.56. The van der Waals surface area contributed by atoms with E-state index in [1.807, 2.05) is 12.4 Å². The van der Waals surface area contributed by atoms with E-state index in [0.29, 0.717) is 19.5 Å². The number of piperidine rings is 1. The van der Waals surface area contributed by atoms with Crippen molar-refractivity contribution in [1.29, 1.82) is 0 Å². The minimum atomic E-state index is -0.966. The van der Waals surface area contributed by atoms with E-state index >= 15 is 0 Å². The van der Waals surface area contributed by atoms with Crippen LogP contribution in [-0.4, -0.2) is 55.6 Å². The Hall–Kier alpha value is -0.690. The molecule has 2 atom stereocenters. The molecule has 1 aliphatic heterocycles. The number of unbranched alkanes of at least 4 members (excludes halogenated alkanes) is 1. The van der Waals surface area contributed by atoms with Crippen molar-refractivity contribution >= 4 is 11.8 Å². The summed E-state index contributed by atoms with van der Waals surface area (Å²) < 4.78 is 0. The molecule has 0 spiro atoms. The van der Waals surface area contributed by atoms with Crippen LogP contribution in [-0.2, 0) is 6.54 Å². The predicted molar refractivity (Wildman–Crippen MR) is 84.2 cm³/mol. The third-order valence-corrected chi connectivity index (χ3v) is 4.86. The molecule has 0 saturated carbocycles. The normalized spacial score (nSPS) is 27.0. The summed E-state index contributed by atoms with van der Waals surface area (Å²) in [5, 5.41) is 20.7. The molecule has 0 unspecified atom stereocenters. The molecule has 0 amide bonds. The number of aliphatic hydroxyl groups is 2. The van der Waals surface area contributed by atoms with E-state index in [1.165, 1.54) is 12.8 Å². The van der Waals surface area contributed by atoms with Crippen LogP contribution in [0.3, 0.4) is 0 Å². The second-order valence-electron chi connectivity index (χ2n) is 5.93. The molecule has 0 aromatic carbocycles. The number of aromatic nitrogens is 2. The Morgan fingerprint density at radius 3 is 2.76 bits per heavy atom. The highest BCUT2D eigenvalue weighted by Gasteiger charge is 2.36. The molecule has 2 heterocycles. The zero-order valence-corrected chi connectivity index (χ0v) is 13.6. The molecule has 0 aliphatic carbocycles. The highest BCUT2D eigenvalue weighted by Crippen LogP contribution is 2.23. The Morgan fingerprint density at radius 1 is 1.43 bits per heavy atom. The van der Waals surface area contributed by atoms with Crippen LogP contribution in [0.25, 0.3) is 0 Å². The van der Waals surface area contributed by atoms with E-state index in [1.54, 1.807) is 18.7 Å². The van der Waals surface area contributed by atoms with Crippen LogP contribution >= 0.6 is 11.8 Å². The molecule has 118 valence electrons. The average molecular weight is 311 g/mol. The van der Waals surface area contributed by atoms with Crippen molar-refractivity contribution in [2.75, 3.05) is 18.8 Å².